The number of aliphatic hydroxyl groups is 1. The fourth-order valence-electron chi connectivity index (χ4n) is 1.24. The lowest BCUT2D eigenvalue weighted by Gasteiger charge is -2.16. The van der Waals surface area contributed by atoms with Crippen LogP contribution in [0.1, 0.15) is 6.42 Å². The van der Waals surface area contributed by atoms with Crippen LogP contribution in [-0.2, 0) is 4.79 Å². The van der Waals surface area contributed by atoms with Gasteiger partial charge < -0.3 is 14.7 Å². The smallest absolute Gasteiger partial charge is 0.260 e. The third-order valence-corrected chi connectivity index (χ3v) is 2.27. The standard InChI is InChI=1S/C12H16FNO3/c1-14(7-4-8-15)12(16)9-17-11-6-3-2-5-10(11)13/h2-3,5-6,15H,4,7-9H2,1H3. The van der Waals surface area contributed by atoms with Crippen molar-refractivity contribution in [2.75, 3.05) is 26.8 Å². The summed E-state index contributed by atoms with van der Waals surface area (Å²) in [6.45, 7) is 0.282. The number of amides is 1. The lowest BCUT2D eigenvalue weighted by atomic mass is 10.3. The molecule has 17 heavy (non-hydrogen) atoms. The Bertz CT molecular complexity index is 371. The molecular weight excluding hydrogens is 225 g/mol. The Labute approximate surface area is 99.6 Å². The molecule has 94 valence electrons. The van der Waals surface area contributed by atoms with Crippen molar-refractivity contribution in [2.45, 2.75) is 6.42 Å². The Hall–Kier alpha value is -1.62. The molecular formula is C12H16FNO3. The molecule has 0 atom stereocenters. The summed E-state index contributed by atoms with van der Waals surface area (Å²) in [6.07, 6.45) is 0.516. The molecule has 0 heterocycles. The van der Waals surface area contributed by atoms with Gasteiger partial charge in [0, 0.05) is 20.2 Å². The number of rotatable bonds is 6. The first-order chi connectivity index (χ1) is 8.15. The van der Waals surface area contributed by atoms with Crippen molar-refractivity contribution in [3.8, 4) is 5.75 Å². The summed E-state index contributed by atoms with van der Waals surface area (Å²) in [5.41, 5.74) is 0. The van der Waals surface area contributed by atoms with Crippen LogP contribution in [0.15, 0.2) is 24.3 Å². The van der Waals surface area contributed by atoms with Crippen LogP contribution in [0, 0.1) is 5.82 Å². The van der Waals surface area contributed by atoms with Gasteiger partial charge in [-0.1, -0.05) is 12.1 Å². The second-order valence-corrected chi connectivity index (χ2v) is 3.61. The van der Waals surface area contributed by atoms with Gasteiger partial charge in [0.05, 0.1) is 0 Å². The van der Waals surface area contributed by atoms with E-state index < -0.39 is 5.82 Å². The van der Waals surface area contributed by atoms with Crippen molar-refractivity contribution in [2.24, 2.45) is 0 Å². The van der Waals surface area contributed by atoms with E-state index in [-0.39, 0.29) is 24.9 Å². The van der Waals surface area contributed by atoms with Gasteiger partial charge in [-0.25, -0.2) is 4.39 Å². The van der Waals surface area contributed by atoms with Gasteiger partial charge in [-0.05, 0) is 18.6 Å². The van der Waals surface area contributed by atoms with Gasteiger partial charge in [-0.2, -0.15) is 0 Å². The summed E-state index contributed by atoms with van der Waals surface area (Å²) in [7, 11) is 1.61. The van der Waals surface area contributed by atoms with Crippen LogP contribution in [-0.4, -0.2) is 42.7 Å². The number of ether oxygens (including phenoxy) is 1. The van der Waals surface area contributed by atoms with Gasteiger partial charge in [-0.3, -0.25) is 4.79 Å². The van der Waals surface area contributed by atoms with Crippen LogP contribution >= 0.6 is 0 Å². The van der Waals surface area contributed by atoms with Crippen LogP contribution in [0.4, 0.5) is 4.39 Å². The fraction of sp³-hybridized carbons (Fsp3) is 0.417. The summed E-state index contributed by atoms with van der Waals surface area (Å²) < 4.78 is 18.2. The number of likely N-dealkylation sites (N-methyl/N-ethyl adjacent to an activating group) is 1. The Morgan fingerprint density at radius 3 is 2.82 bits per heavy atom. The number of carbonyl (C=O) groups is 1. The second kappa shape index (κ2) is 6.85. The summed E-state index contributed by atoms with van der Waals surface area (Å²) in [5, 5.41) is 8.62. The zero-order valence-electron chi connectivity index (χ0n) is 9.73. The number of aliphatic hydroxyl groups excluding tert-OH is 1. The van der Waals surface area contributed by atoms with E-state index in [0.29, 0.717) is 13.0 Å². The number of halogens is 1. The van der Waals surface area contributed by atoms with Crippen LogP contribution in [0.25, 0.3) is 0 Å². The van der Waals surface area contributed by atoms with E-state index in [0.717, 1.165) is 0 Å². The van der Waals surface area contributed by atoms with E-state index in [9.17, 15) is 9.18 Å². The molecule has 1 aromatic carbocycles. The Morgan fingerprint density at radius 2 is 2.18 bits per heavy atom. The van der Waals surface area contributed by atoms with Crippen LogP contribution < -0.4 is 4.74 Å². The first kappa shape index (κ1) is 13.4. The van der Waals surface area contributed by atoms with Crippen molar-refractivity contribution in [1.82, 2.24) is 4.90 Å². The highest BCUT2D eigenvalue weighted by Gasteiger charge is 2.10. The molecule has 0 fully saturated rings. The molecule has 1 aromatic rings. The molecule has 0 spiro atoms. The van der Waals surface area contributed by atoms with Crippen molar-refractivity contribution in [3.05, 3.63) is 30.1 Å². The molecule has 5 heteroatoms. The molecule has 1 N–H and O–H groups in total. The number of para-hydroxylation sites is 1. The van der Waals surface area contributed by atoms with Gasteiger partial charge in [0.25, 0.3) is 5.91 Å². The number of carbonyl (C=O) groups excluding carboxylic acids is 1. The van der Waals surface area contributed by atoms with Gasteiger partial charge in [0.2, 0.25) is 0 Å². The average Bonchev–Trinajstić information content (AvgIpc) is 2.34. The van der Waals surface area contributed by atoms with Gasteiger partial charge in [0.15, 0.2) is 18.2 Å². The van der Waals surface area contributed by atoms with E-state index in [2.05, 4.69) is 0 Å². The summed E-state index contributed by atoms with van der Waals surface area (Å²) in [6, 6.07) is 5.93. The lowest BCUT2D eigenvalue weighted by Crippen LogP contribution is -2.32. The third kappa shape index (κ3) is 4.40. The summed E-state index contributed by atoms with van der Waals surface area (Å²) >= 11 is 0. The van der Waals surface area contributed by atoms with Crippen LogP contribution in [0.5, 0.6) is 5.75 Å². The minimum absolute atomic E-state index is 0.0335. The van der Waals surface area contributed by atoms with Crippen LogP contribution in [0.3, 0.4) is 0 Å². The largest absolute Gasteiger partial charge is 0.481 e. The third-order valence-electron chi connectivity index (χ3n) is 2.27. The van der Waals surface area contributed by atoms with Gasteiger partial charge in [-0.15, -0.1) is 0 Å². The number of nitrogens with zero attached hydrogens (tertiary/aromatic N) is 1. The summed E-state index contributed by atoms with van der Waals surface area (Å²) in [4.78, 5) is 13.0. The maximum Gasteiger partial charge on any atom is 0.260 e. The first-order valence-corrected chi connectivity index (χ1v) is 5.37. The van der Waals surface area contributed by atoms with E-state index in [1.165, 1.54) is 17.0 Å². The molecule has 4 nitrogen and oxygen atoms in total. The minimum Gasteiger partial charge on any atom is -0.481 e. The van der Waals surface area contributed by atoms with E-state index in [1.54, 1.807) is 19.2 Å². The SMILES string of the molecule is CN(CCCO)C(=O)COc1ccccc1F. The fourth-order valence-corrected chi connectivity index (χ4v) is 1.24. The first-order valence-electron chi connectivity index (χ1n) is 5.37. The van der Waals surface area contributed by atoms with E-state index in [1.807, 2.05) is 0 Å². The lowest BCUT2D eigenvalue weighted by molar-refractivity contribution is -0.132. The van der Waals surface area contributed by atoms with Crippen LogP contribution in [0.2, 0.25) is 0 Å². The Balaban J connectivity index is 2.40. The molecule has 0 radical (unpaired) electrons. The highest BCUT2D eigenvalue weighted by Crippen LogP contribution is 2.15. The van der Waals surface area contributed by atoms with Crippen molar-refractivity contribution >= 4 is 5.91 Å². The maximum absolute atomic E-state index is 13.2. The number of benzene rings is 1. The molecule has 1 amide bonds. The zero-order valence-corrected chi connectivity index (χ0v) is 9.73. The molecule has 0 aliphatic rings. The molecule has 0 aliphatic heterocycles. The highest BCUT2D eigenvalue weighted by molar-refractivity contribution is 5.77. The Kier molecular flexibility index (Phi) is 5.42. The molecule has 0 saturated carbocycles. The molecule has 0 aromatic heterocycles. The Morgan fingerprint density at radius 1 is 1.47 bits per heavy atom. The molecule has 0 aliphatic carbocycles. The van der Waals surface area contributed by atoms with Gasteiger partial charge >= 0.3 is 0 Å². The molecule has 0 saturated heterocycles. The zero-order chi connectivity index (χ0) is 12.7. The second-order valence-electron chi connectivity index (χ2n) is 3.61. The monoisotopic (exact) mass is 241 g/mol. The molecule has 1 rings (SSSR count). The predicted octanol–water partition coefficient (Wildman–Crippen LogP) is 1.05. The van der Waals surface area contributed by atoms with E-state index in [4.69, 9.17) is 9.84 Å². The summed E-state index contributed by atoms with van der Waals surface area (Å²) in [5.74, 6) is -0.670. The number of hydrogen-bond donors (Lipinski definition) is 1. The van der Waals surface area contributed by atoms with Crippen molar-refractivity contribution in [3.63, 3.8) is 0 Å². The quantitative estimate of drug-likeness (QED) is 0.809. The topological polar surface area (TPSA) is 49.8 Å². The van der Waals surface area contributed by atoms with E-state index >= 15 is 0 Å². The van der Waals surface area contributed by atoms with Gasteiger partial charge in [0.1, 0.15) is 0 Å². The van der Waals surface area contributed by atoms with Crippen molar-refractivity contribution in [1.29, 1.82) is 0 Å². The van der Waals surface area contributed by atoms with Crippen molar-refractivity contribution < 1.29 is 19.0 Å². The normalized spacial score (nSPS) is 10.1. The maximum atomic E-state index is 13.2. The number of hydrogen-bond acceptors (Lipinski definition) is 3. The molecule has 0 unspecified atom stereocenters. The minimum atomic E-state index is -0.488. The highest BCUT2D eigenvalue weighted by atomic mass is 19.1. The average molecular weight is 241 g/mol. The predicted molar refractivity (Wildman–Crippen MR) is 61.2 cm³/mol. The molecule has 0 bridgehead atoms.